The van der Waals surface area contributed by atoms with Gasteiger partial charge >= 0.3 is 0 Å². The molecule has 25 heavy (non-hydrogen) atoms. The van der Waals surface area contributed by atoms with Crippen molar-refractivity contribution >= 4 is 17.9 Å². The Labute approximate surface area is 145 Å². The van der Waals surface area contributed by atoms with Crippen LogP contribution in [0.4, 0.5) is 4.39 Å². The largest absolute Gasteiger partial charge is 0.483 e. The van der Waals surface area contributed by atoms with Gasteiger partial charge in [0.15, 0.2) is 6.61 Å². The number of hydrogen-bond acceptors (Lipinski definition) is 3. The highest BCUT2D eigenvalue weighted by Crippen LogP contribution is 2.18. The molecule has 0 saturated carbocycles. The van der Waals surface area contributed by atoms with Gasteiger partial charge in [-0.1, -0.05) is 24.3 Å². The second-order valence-corrected chi connectivity index (χ2v) is 5.48. The van der Waals surface area contributed by atoms with Crippen LogP contribution in [0.15, 0.2) is 48.5 Å². The number of nitrogens with one attached hydrogen (secondary N) is 2. The summed E-state index contributed by atoms with van der Waals surface area (Å²) in [5.74, 6) is -0.718. The Morgan fingerprint density at radius 1 is 1.08 bits per heavy atom. The SMILES string of the molecule is Cc1ccc(C)c(OCC(=O)NNC(=O)/C=C/c2ccc(F)cc2)c1. The Balaban J connectivity index is 1.76. The first-order chi connectivity index (χ1) is 11.9. The van der Waals surface area contributed by atoms with Crippen LogP contribution in [0.2, 0.25) is 0 Å². The fourth-order valence-corrected chi connectivity index (χ4v) is 1.96. The monoisotopic (exact) mass is 342 g/mol. The third kappa shape index (κ3) is 6.10. The van der Waals surface area contributed by atoms with E-state index in [1.165, 1.54) is 36.4 Å². The van der Waals surface area contributed by atoms with Gasteiger partial charge in [0, 0.05) is 6.08 Å². The molecule has 2 amide bonds. The molecule has 2 rings (SSSR count). The van der Waals surface area contributed by atoms with Crippen LogP contribution < -0.4 is 15.6 Å². The van der Waals surface area contributed by atoms with E-state index < -0.39 is 11.8 Å². The maximum Gasteiger partial charge on any atom is 0.276 e. The fraction of sp³-hybridized carbons (Fsp3) is 0.158. The van der Waals surface area contributed by atoms with Crippen molar-refractivity contribution in [3.63, 3.8) is 0 Å². The maximum atomic E-state index is 12.8. The van der Waals surface area contributed by atoms with Crippen molar-refractivity contribution in [1.29, 1.82) is 0 Å². The van der Waals surface area contributed by atoms with Crippen LogP contribution in [0.25, 0.3) is 6.08 Å². The number of carbonyl (C=O) groups excluding carboxylic acids is 2. The fourth-order valence-electron chi connectivity index (χ4n) is 1.96. The lowest BCUT2D eigenvalue weighted by Crippen LogP contribution is -2.43. The summed E-state index contributed by atoms with van der Waals surface area (Å²) >= 11 is 0. The van der Waals surface area contributed by atoms with Gasteiger partial charge < -0.3 is 4.74 Å². The van der Waals surface area contributed by atoms with Crippen molar-refractivity contribution in [3.05, 3.63) is 71.0 Å². The van der Waals surface area contributed by atoms with Gasteiger partial charge in [0.05, 0.1) is 0 Å². The highest BCUT2D eigenvalue weighted by atomic mass is 19.1. The van der Waals surface area contributed by atoms with E-state index in [4.69, 9.17) is 4.74 Å². The zero-order chi connectivity index (χ0) is 18.2. The second kappa shape index (κ2) is 8.63. The molecule has 0 aliphatic heterocycles. The molecule has 0 unspecified atom stereocenters. The molecule has 0 bridgehead atoms. The van der Waals surface area contributed by atoms with E-state index in [0.717, 1.165) is 11.1 Å². The molecule has 130 valence electrons. The van der Waals surface area contributed by atoms with Crippen LogP contribution in [0.5, 0.6) is 5.75 Å². The number of carbonyl (C=O) groups is 2. The van der Waals surface area contributed by atoms with Gasteiger partial charge in [-0.05, 0) is 54.8 Å². The van der Waals surface area contributed by atoms with Gasteiger partial charge in [0.25, 0.3) is 11.8 Å². The maximum absolute atomic E-state index is 12.8. The number of amides is 2. The molecule has 2 aromatic rings. The molecule has 0 radical (unpaired) electrons. The van der Waals surface area contributed by atoms with E-state index in [2.05, 4.69) is 10.9 Å². The van der Waals surface area contributed by atoms with Gasteiger partial charge in [-0.2, -0.15) is 0 Å². The second-order valence-electron chi connectivity index (χ2n) is 5.48. The molecule has 6 heteroatoms. The van der Waals surface area contributed by atoms with E-state index >= 15 is 0 Å². The molecule has 0 aliphatic carbocycles. The number of hydrazine groups is 1. The minimum Gasteiger partial charge on any atom is -0.483 e. The summed E-state index contributed by atoms with van der Waals surface area (Å²) in [4.78, 5) is 23.3. The molecule has 0 spiro atoms. The first-order valence-electron chi connectivity index (χ1n) is 7.66. The van der Waals surface area contributed by atoms with Crippen molar-refractivity contribution in [3.8, 4) is 5.75 Å². The zero-order valence-electron chi connectivity index (χ0n) is 14.0. The van der Waals surface area contributed by atoms with E-state index in [0.29, 0.717) is 11.3 Å². The van der Waals surface area contributed by atoms with Gasteiger partial charge in [0.2, 0.25) is 0 Å². The average Bonchev–Trinajstić information content (AvgIpc) is 2.60. The van der Waals surface area contributed by atoms with Crippen LogP contribution in [-0.4, -0.2) is 18.4 Å². The Hall–Kier alpha value is -3.15. The molecular formula is C19H19FN2O3. The van der Waals surface area contributed by atoms with Crippen molar-refractivity contribution in [1.82, 2.24) is 10.9 Å². The van der Waals surface area contributed by atoms with Gasteiger partial charge in [-0.25, -0.2) is 4.39 Å². The van der Waals surface area contributed by atoms with E-state index in [1.54, 1.807) is 0 Å². The zero-order valence-corrected chi connectivity index (χ0v) is 14.0. The summed E-state index contributed by atoms with van der Waals surface area (Å²) in [5.41, 5.74) is 7.12. The molecule has 0 fully saturated rings. The molecule has 0 aliphatic rings. The van der Waals surface area contributed by atoms with Crippen molar-refractivity contribution < 1.29 is 18.7 Å². The predicted octanol–water partition coefficient (Wildman–Crippen LogP) is 2.68. The molecule has 2 N–H and O–H groups in total. The summed E-state index contributed by atoms with van der Waals surface area (Å²) in [6, 6.07) is 11.4. The smallest absolute Gasteiger partial charge is 0.276 e. The number of aryl methyl sites for hydroxylation is 2. The molecular weight excluding hydrogens is 323 g/mol. The topological polar surface area (TPSA) is 67.4 Å². The number of benzene rings is 2. The van der Waals surface area contributed by atoms with Crippen molar-refractivity contribution in [2.75, 3.05) is 6.61 Å². The van der Waals surface area contributed by atoms with Crippen molar-refractivity contribution in [2.45, 2.75) is 13.8 Å². The average molecular weight is 342 g/mol. The first-order valence-corrected chi connectivity index (χ1v) is 7.66. The Bertz CT molecular complexity index is 786. The molecule has 0 atom stereocenters. The van der Waals surface area contributed by atoms with Crippen molar-refractivity contribution in [2.24, 2.45) is 0 Å². The Morgan fingerprint density at radius 3 is 2.52 bits per heavy atom. The summed E-state index contributed by atoms with van der Waals surface area (Å²) in [6.45, 7) is 3.60. The highest BCUT2D eigenvalue weighted by molar-refractivity contribution is 5.93. The quantitative estimate of drug-likeness (QED) is 0.648. The van der Waals surface area contributed by atoms with E-state index in [9.17, 15) is 14.0 Å². The molecule has 0 heterocycles. The van der Waals surface area contributed by atoms with Crippen LogP contribution in [0.1, 0.15) is 16.7 Å². The minimum absolute atomic E-state index is 0.216. The summed E-state index contributed by atoms with van der Waals surface area (Å²) in [5, 5.41) is 0. The lowest BCUT2D eigenvalue weighted by Gasteiger charge is -2.10. The van der Waals surface area contributed by atoms with Crippen LogP contribution in [0.3, 0.4) is 0 Å². The first kappa shape index (κ1) is 18.2. The lowest BCUT2D eigenvalue weighted by molar-refractivity contribution is -0.128. The predicted molar refractivity (Wildman–Crippen MR) is 93.1 cm³/mol. The number of halogens is 1. The highest BCUT2D eigenvalue weighted by Gasteiger charge is 2.06. The Kier molecular flexibility index (Phi) is 6.28. The summed E-state index contributed by atoms with van der Waals surface area (Å²) in [6.07, 6.45) is 2.74. The Morgan fingerprint density at radius 2 is 1.80 bits per heavy atom. The molecule has 2 aromatic carbocycles. The minimum atomic E-state index is -0.510. The number of rotatable bonds is 5. The summed E-state index contributed by atoms with van der Waals surface area (Å²) in [7, 11) is 0. The molecule has 0 aromatic heterocycles. The van der Waals surface area contributed by atoms with Gasteiger partial charge in [-0.3, -0.25) is 20.4 Å². The molecule has 5 nitrogen and oxygen atoms in total. The van der Waals surface area contributed by atoms with E-state index in [-0.39, 0.29) is 12.4 Å². The van der Waals surface area contributed by atoms with Crippen LogP contribution >= 0.6 is 0 Å². The standard InChI is InChI=1S/C19H19FN2O3/c1-13-3-4-14(2)17(11-13)25-12-19(24)22-21-18(23)10-7-15-5-8-16(20)9-6-15/h3-11H,12H2,1-2H3,(H,21,23)(H,22,24)/b10-7+. The van der Waals surface area contributed by atoms with Gasteiger partial charge in [0.1, 0.15) is 11.6 Å². The van der Waals surface area contributed by atoms with Crippen LogP contribution in [-0.2, 0) is 9.59 Å². The number of ether oxygens (including phenoxy) is 1. The van der Waals surface area contributed by atoms with Crippen LogP contribution in [0, 0.1) is 19.7 Å². The third-order valence-corrected chi connectivity index (χ3v) is 3.32. The van der Waals surface area contributed by atoms with E-state index in [1.807, 2.05) is 32.0 Å². The summed E-state index contributed by atoms with van der Waals surface area (Å²) < 4.78 is 18.2. The normalized spacial score (nSPS) is 10.5. The lowest BCUT2D eigenvalue weighted by atomic mass is 10.1. The number of hydrogen-bond donors (Lipinski definition) is 2. The molecule has 0 saturated heterocycles. The van der Waals surface area contributed by atoms with Gasteiger partial charge in [-0.15, -0.1) is 0 Å². The third-order valence-electron chi connectivity index (χ3n) is 3.32.